The second kappa shape index (κ2) is 9.36. The van der Waals surface area contributed by atoms with Gasteiger partial charge in [-0.15, -0.1) is 0 Å². The quantitative estimate of drug-likeness (QED) is 0.772. The smallest absolute Gasteiger partial charge is 0.409 e. The Bertz CT molecular complexity index is 851. The van der Waals surface area contributed by atoms with Crippen molar-refractivity contribution in [2.45, 2.75) is 20.8 Å². The summed E-state index contributed by atoms with van der Waals surface area (Å²) in [5.41, 5.74) is 1.38. The van der Waals surface area contributed by atoms with E-state index in [1.165, 1.54) is 0 Å². The van der Waals surface area contributed by atoms with Crippen molar-refractivity contribution in [1.82, 2.24) is 19.8 Å². The molecule has 2 aromatic rings. The van der Waals surface area contributed by atoms with Gasteiger partial charge < -0.3 is 19.4 Å². The zero-order valence-corrected chi connectivity index (χ0v) is 17.2. The van der Waals surface area contributed by atoms with Gasteiger partial charge in [-0.2, -0.15) is 0 Å². The Balaban J connectivity index is 1.76. The van der Waals surface area contributed by atoms with Crippen LogP contribution in [0.15, 0.2) is 36.4 Å². The molecule has 1 fully saturated rings. The third kappa shape index (κ3) is 4.82. The molecule has 0 unspecified atom stereocenters. The summed E-state index contributed by atoms with van der Waals surface area (Å²) in [6, 6.07) is 11.7. The van der Waals surface area contributed by atoms with Crippen LogP contribution in [0.5, 0.6) is 0 Å². The molecule has 0 N–H and O–H groups in total. The van der Waals surface area contributed by atoms with Crippen molar-refractivity contribution < 1.29 is 14.3 Å². The maximum Gasteiger partial charge on any atom is 0.409 e. The van der Waals surface area contributed by atoms with Crippen LogP contribution in [-0.4, -0.2) is 71.1 Å². The summed E-state index contributed by atoms with van der Waals surface area (Å²) < 4.78 is 5.03. The van der Waals surface area contributed by atoms with Crippen LogP contribution in [0.2, 0.25) is 0 Å². The Morgan fingerprint density at radius 1 is 1.03 bits per heavy atom. The van der Waals surface area contributed by atoms with Gasteiger partial charge in [0.15, 0.2) is 0 Å². The zero-order chi connectivity index (χ0) is 20.8. The van der Waals surface area contributed by atoms with Crippen molar-refractivity contribution in [2.75, 3.05) is 44.2 Å². The first kappa shape index (κ1) is 20.6. The molecule has 1 aliphatic rings. The van der Waals surface area contributed by atoms with Crippen molar-refractivity contribution in [3.8, 4) is 0 Å². The minimum Gasteiger partial charge on any atom is -0.450 e. The predicted octanol–water partition coefficient (Wildman–Crippen LogP) is 2.86. The molecule has 0 saturated carbocycles. The van der Waals surface area contributed by atoms with E-state index in [1.54, 1.807) is 29.7 Å². The van der Waals surface area contributed by atoms with Crippen molar-refractivity contribution in [1.29, 1.82) is 0 Å². The second-order valence-corrected chi connectivity index (χ2v) is 6.72. The van der Waals surface area contributed by atoms with Crippen LogP contribution in [0, 0.1) is 6.92 Å². The van der Waals surface area contributed by atoms with Gasteiger partial charge in [-0.1, -0.05) is 18.2 Å². The largest absolute Gasteiger partial charge is 0.450 e. The number of hydrogen-bond donors (Lipinski definition) is 0. The van der Waals surface area contributed by atoms with Crippen molar-refractivity contribution in [2.24, 2.45) is 0 Å². The van der Waals surface area contributed by atoms with Crippen LogP contribution in [0.25, 0.3) is 0 Å². The summed E-state index contributed by atoms with van der Waals surface area (Å²) in [7, 11) is 0. The number of piperazine rings is 1. The first-order valence-corrected chi connectivity index (χ1v) is 9.92. The Kier molecular flexibility index (Phi) is 6.64. The van der Waals surface area contributed by atoms with E-state index in [4.69, 9.17) is 4.74 Å². The number of nitrogens with zero attached hydrogens (tertiary/aromatic N) is 5. The number of amides is 2. The molecule has 1 aromatic heterocycles. The summed E-state index contributed by atoms with van der Waals surface area (Å²) in [6.45, 7) is 8.47. The Hall–Kier alpha value is -3.16. The first-order chi connectivity index (χ1) is 14.0. The summed E-state index contributed by atoms with van der Waals surface area (Å²) in [5.74, 6) is 1.09. The van der Waals surface area contributed by atoms with E-state index in [2.05, 4.69) is 9.97 Å². The molecule has 0 radical (unpaired) electrons. The van der Waals surface area contributed by atoms with Gasteiger partial charge in [0.05, 0.1) is 6.61 Å². The normalized spacial score (nSPS) is 13.9. The average molecular weight is 397 g/mol. The molecular formula is C21H27N5O3. The Morgan fingerprint density at radius 2 is 1.69 bits per heavy atom. The standard InChI is InChI=1S/C21H27N5O3/c1-4-26(17-9-7-6-8-10-17)19-15-18(22-16(3)23-19)20(27)24-11-13-25(14-12-24)21(28)29-5-2/h6-10,15H,4-5,11-14H2,1-3H3. The lowest BCUT2D eigenvalue weighted by Gasteiger charge is -2.34. The van der Waals surface area contributed by atoms with E-state index < -0.39 is 0 Å². The molecule has 29 heavy (non-hydrogen) atoms. The molecule has 2 heterocycles. The number of carbonyl (C=O) groups is 2. The maximum atomic E-state index is 13.0. The summed E-state index contributed by atoms with van der Waals surface area (Å²) in [6.07, 6.45) is -0.332. The van der Waals surface area contributed by atoms with Crippen molar-refractivity contribution in [3.63, 3.8) is 0 Å². The number of para-hydroxylation sites is 1. The molecular weight excluding hydrogens is 370 g/mol. The van der Waals surface area contributed by atoms with Crippen LogP contribution in [0.3, 0.4) is 0 Å². The summed E-state index contributed by atoms with van der Waals surface area (Å²) >= 11 is 0. The molecule has 0 atom stereocenters. The minimum absolute atomic E-state index is 0.149. The van der Waals surface area contributed by atoms with Crippen LogP contribution < -0.4 is 4.90 Å². The fourth-order valence-corrected chi connectivity index (χ4v) is 3.35. The van der Waals surface area contributed by atoms with Gasteiger partial charge in [-0.3, -0.25) is 4.79 Å². The fourth-order valence-electron chi connectivity index (χ4n) is 3.35. The molecule has 3 rings (SSSR count). The number of hydrogen-bond acceptors (Lipinski definition) is 6. The minimum atomic E-state index is -0.332. The second-order valence-electron chi connectivity index (χ2n) is 6.72. The predicted molar refractivity (Wildman–Crippen MR) is 110 cm³/mol. The van der Waals surface area contributed by atoms with E-state index in [0.29, 0.717) is 56.7 Å². The number of carbonyl (C=O) groups excluding carboxylic acids is 2. The van der Waals surface area contributed by atoms with E-state index in [9.17, 15) is 9.59 Å². The number of aromatic nitrogens is 2. The third-order valence-corrected chi connectivity index (χ3v) is 4.80. The summed E-state index contributed by atoms with van der Waals surface area (Å²) in [4.78, 5) is 39.2. The van der Waals surface area contributed by atoms with Crippen LogP contribution in [-0.2, 0) is 4.74 Å². The lowest BCUT2D eigenvalue weighted by Crippen LogP contribution is -2.50. The highest BCUT2D eigenvalue weighted by atomic mass is 16.6. The molecule has 8 heteroatoms. The van der Waals surface area contributed by atoms with Gasteiger partial charge in [0.25, 0.3) is 5.91 Å². The average Bonchev–Trinajstić information content (AvgIpc) is 2.74. The van der Waals surface area contributed by atoms with Gasteiger partial charge in [-0.25, -0.2) is 14.8 Å². The lowest BCUT2D eigenvalue weighted by atomic mass is 10.2. The molecule has 1 aliphatic heterocycles. The fraction of sp³-hybridized carbons (Fsp3) is 0.429. The maximum absolute atomic E-state index is 13.0. The van der Waals surface area contributed by atoms with Crippen LogP contribution >= 0.6 is 0 Å². The topological polar surface area (TPSA) is 78.9 Å². The highest BCUT2D eigenvalue weighted by Gasteiger charge is 2.27. The van der Waals surface area contributed by atoms with Gasteiger partial charge in [0, 0.05) is 44.5 Å². The van der Waals surface area contributed by atoms with Gasteiger partial charge in [0.2, 0.25) is 0 Å². The third-order valence-electron chi connectivity index (χ3n) is 4.80. The molecule has 1 aromatic carbocycles. The van der Waals surface area contributed by atoms with Crippen LogP contribution in [0.1, 0.15) is 30.2 Å². The zero-order valence-electron chi connectivity index (χ0n) is 17.2. The molecule has 0 aliphatic carbocycles. The van der Waals surface area contributed by atoms with Crippen molar-refractivity contribution in [3.05, 3.63) is 47.9 Å². The monoisotopic (exact) mass is 397 g/mol. The number of anilines is 2. The van der Waals surface area contributed by atoms with Gasteiger partial charge in [0.1, 0.15) is 17.3 Å². The highest BCUT2D eigenvalue weighted by molar-refractivity contribution is 5.93. The number of ether oxygens (including phenoxy) is 1. The number of aryl methyl sites for hydroxylation is 1. The first-order valence-electron chi connectivity index (χ1n) is 9.92. The molecule has 2 amide bonds. The molecule has 154 valence electrons. The van der Waals surface area contributed by atoms with E-state index >= 15 is 0 Å². The molecule has 8 nitrogen and oxygen atoms in total. The number of rotatable bonds is 5. The number of benzene rings is 1. The molecule has 1 saturated heterocycles. The molecule has 0 spiro atoms. The lowest BCUT2D eigenvalue weighted by molar-refractivity contribution is 0.0565. The van der Waals surface area contributed by atoms with E-state index in [-0.39, 0.29) is 12.0 Å². The van der Waals surface area contributed by atoms with Gasteiger partial charge in [-0.05, 0) is 32.9 Å². The van der Waals surface area contributed by atoms with Crippen molar-refractivity contribution >= 4 is 23.5 Å². The van der Waals surface area contributed by atoms with E-state index in [1.807, 2.05) is 42.2 Å². The Labute approximate surface area is 171 Å². The van der Waals surface area contributed by atoms with Crippen LogP contribution in [0.4, 0.5) is 16.3 Å². The van der Waals surface area contributed by atoms with Gasteiger partial charge >= 0.3 is 6.09 Å². The molecule has 0 bridgehead atoms. The van der Waals surface area contributed by atoms with E-state index in [0.717, 1.165) is 5.69 Å². The Morgan fingerprint density at radius 3 is 2.31 bits per heavy atom. The summed E-state index contributed by atoms with van der Waals surface area (Å²) in [5, 5.41) is 0. The SMILES string of the molecule is CCOC(=O)N1CCN(C(=O)c2cc(N(CC)c3ccccc3)nc(C)n2)CC1. The highest BCUT2D eigenvalue weighted by Crippen LogP contribution is 2.24.